The number of nitrogens with one attached hydrogen (secondary N) is 4. The molecule has 5 rings (SSSR count). The number of carboxylic acids is 6. The van der Waals surface area contributed by atoms with Crippen LogP contribution in [0.15, 0.2) is 48.5 Å². The zero-order valence-electron chi connectivity index (χ0n) is 43.7. The number of nitrogens with zero attached hydrogens (tertiary/aromatic N) is 6. The molecule has 86 heavy (non-hydrogen) atoms. The molecule has 0 atom stereocenters. The van der Waals surface area contributed by atoms with E-state index in [9.17, 15) is 79.0 Å². The van der Waals surface area contributed by atoms with Crippen LogP contribution in [-0.2, 0) is 54.9 Å². The summed E-state index contributed by atoms with van der Waals surface area (Å²) in [7, 11) is 0. The molecule has 0 saturated heterocycles. The Morgan fingerprint density at radius 1 is 0.360 bits per heavy atom. The Morgan fingerprint density at radius 3 is 0.663 bits per heavy atom. The van der Waals surface area contributed by atoms with E-state index in [4.69, 9.17) is 90.8 Å². The Kier molecular flexibility index (Phi) is 35.9. The molecule has 0 radical (unpaired) electrons. The third-order valence-electron chi connectivity index (χ3n) is 9.32. The van der Waals surface area contributed by atoms with Crippen LogP contribution in [0.4, 0.5) is 79.0 Å². The first-order chi connectivity index (χ1) is 39.4. The molecule has 1 aliphatic rings. The van der Waals surface area contributed by atoms with E-state index in [-0.39, 0.29) is 0 Å². The Bertz CT molecular complexity index is 2330. The van der Waals surface area contributed by atoms with E-state index in [1.807, 2.05) is 0 Å². The van der Waals surface area contributed by atoms with Gasteiger partial charge in [-0.3, -0.25) is 9.80 Å². The van der Waals surface area contributed by atoms with Gasteiger partial charge in [0.05, 0.1) is 22.8 Å². The number of aromatic nitrogens is 4. The van der Waals surface area contributed by atoms with E-state index in [1.165, 1.54) is 0 Å². The van der Waals surface area contributed by atoms with Crippen molar-refractivity contribution >= 4 is 57.9 Å². The van der Waals surface area contributed by atoms with Crippen molar-refractivity contribution in [3.8, 4) is 0 Å². The fraction of sp³-hybridized carbons (Fsp3) is 0.500. The lowest BCUT2D eigenvalue weighted by molar-refractivity contribution is -0.193. The fourth-order valence-corrected chi connectivity index (χ4v) is 5.40. The van der Waals surface area contributed by atoms with Crippen LogP contribution >= 0.6 is 0 Å². The summed E-state index contributed by atoms with van der Waals surface area (Å²) in [6, 6.07) is 16.7. The van der Waals surface area contributed by atoms with Crippen LogP contribution in [0.3, 0.4) is 0 Å². The van der Waals surface area contributed by atoms with E-state index in [0.29, 0.717) is 39.3 Å². The smallest absolute Gasteiger partial charge is 0.475 e. The lowest BCUT2D eigenvalue weighted by atomic mass is 10.2. The number of halogens is 18. The second-order valence-electron chi connectivity index (χ2n) is 16.1. The molecule has 0 aromatic carbocycles. The third kappa shape index (κ3) is 38.3. The van der Waals surface area contributed by atoms with Crippen LogP contribution < -0.4 is 32.7 Å². The summed E-state index contributed by atoms with van der Waals surface area (Å²) in [5.41, 5.74) is 17.4. The molecule has 0 amide bonds. The number of aliphatic carboxylic acids is 6. The van der Waals surface area contributed by atoms with E-state index >= 15 is 0 Å². The highest BCUT2D eigenvalue weighted by molar-refractivity contribution is 5.76. The Balaban J connectivity index is 0. The second kappa shape index (κ2) is 38.4. The molecule has 4 aromatic rings. The maximum absolute atomic E-state index is 10.6. The van der Waals surface area contributed by atoms with Crippen LogP contribution in [0.2, 0.25) is 0 Å². The van der Waals surface area contributed by atoms with E-state index < -0.39 is 72.9 Å². The molecular formula is C44H54F18N12O12. The average Bonchev–Trinajstić information content (AvgIpc) is 2.85. The first-order valence-corrected chi connectivity index (χ1v) is 23.4. The van der Waals surface area contributed by atoms with Gasteiger partial charge in [0, 0.05) is 115 Å². The van der Waals surface area contributed by atoms with E-state index in [1.54, 1.807) is 0 Å². The normalized spacial score (nSPS) is 14.7. The van der Waals surface area contributed by atoms with Crippen LogP contribution in [0.25, 0.3) is 22.1 Å². The van der Waals surface area contributed by atoms with Gasteiger partial charge in [-0.2, -0.15) is 79.0 Å². The predicted molar refractivity (Wildman–Crippen MR) is 259 cm³/mol. The van der Waals surface area contributed by atoms with Crippen LogP contribution in [0, 0.1) is 0 Å². The molecule has 1 aliphatic heterocycles. The van der Waals surface area contributed by atoms with Crippen LogP contribution in [0.1, 0.15) is 22.8 Å². The monoisotopic (exact) mass is 1280 g/mol. The van der Waals surface area contributed by atoms with Gasteiger partial charge in [-0.1, -0.05) is 0 Å². The molecule has 4 aromatic heterocycles. The number of carbonyl (C=O) groups is 6. The molecule has 0 fully saturated rings. The molecule has 0 spiro atoms. The van der Waals surface area contributed by atoms with Gasteiger partial charge < -0.3 is 63.4 Å². The third-order valence-corrected chi connectivity index (χ3v) is 9.32. The number of nitrogens with two attached hydrogens (primary N) is 2. The lowest BCUT2D eigenvalue weighted by Crippen LogP contribution is -2.39. The van der Waals surface area contributed by atoms with Gasteiger partial charge >= 0.3 is 72.9 Å². The average molecular weight is 1280 g/mol. The van der Waals surface area contributed by atoms with Crippen molar-refractivity contribution < 1.29 is 138 Å². The highest BCUT2D eigenvalue weighted by Gasteiger charge is 2.41. The standard InChI is InChI=1S/C32H48N12.6C2HF3O2/c33-9-15-43-17-11-35-21-27-5-1-25-2-6-28(40-31(25)39-27)22-36-12-18-44(16-10-34)20-14-38-24-30-8-4-26-3-7-29(23-37-13-19-43)41-32(26)42-30;6*3-2(4,5)1(6)7/h1-8,35-38H,9-24,33-34H2;6*(H,6,7). The molecule has 0 saturated carbocycles. The minimum atomic E-state index is -5.08. The first-order valence-electron chi connectivity index (χ1n) is 23.4. The van der Waals surface area contributed by atoms with Gasteiger partial charge in [-0.05, 0) is 48.5 Å². The van der Waals surface area contributed by atoms with Crippen LogP contribution in [0.5, 0.6) is 0 Å². The Labute approximate surface area is 471 Å². The van der Waals surface area contributed by atoms with Crippen molar-refractivity contribution in [1.29, 1.82) is 0 Å². The zero-order chi connectivity index (χ0) is 66.9. The summed E-state index contributed by atoms with van der Waals surface area (Å²) in [6.45, 7) is 12.9. The molecular weight excluding hydrogens is 1230 g/mol. The highest BCUT2D eigenvalue weighted by atomic mass is 19.4. The highest BCUT2D eigenvalue weighted by Crippen LogP contribution is 2.18. The van der Waals surface area contributed by atoms with Gasteiger partial charge in [-0.15, -0.1) is 0 Å². The number of hydrogen-bond donors (Lipinski definition) is 12. The summed E-state index contributed by atoms with van der Waals surface area (Å²) < 4.78 is 190. The summed E-state index contributed by atoms with van der Waals surface area (Å²) in [4.78, 5) is 77.5. The molecule has 6 bridgehead atoms. The summed E-state index contributed by atoms with van der Waals surface area (Å²) in [6.07, 6.45) is -30.5. The van der Waals surface area contributed by atoms with E-state index in [0.717, 1.165) is 110 Å². The molecule has 42 heteroatoms. The van der Waals surface area contributed by atoms with Crippen molar-refractivity contribution in [2.24, 2.45) is 11.5 Å². The molecule has 24 nitrogen and oxygen atoms in total. The van der Waals surface area contributed by atoms with Crippen molar-refractivity contribution in [3.63, 3.8) is 0 Å². The van der Waals surface area contributed by atoms with Gasteiger partial charge in [0.1, 0.15) is 0 Å². The summed E-state index contributed by atoms with van der Waals surface area (Å²) >= 11 is 0. The molecule has 488 valence electrons. The first kappa shape index (κ1) is 80.4. The number of alkyl halides is 18. The fourth-order valence-electron chi connectivity index (χ4n) is 5.40. The van der Waals surface area contributed by atoms with Gasteiger partial charge in [0.25, 0.3) is 0 Å². The van der Waals surface area contributed by atoms with Crippen molar-refractivity contribution in [2.45, 2.75) is 63.2 Å². The summed E-state index contributed by atoms with van der Waals surface area (Å²) in [5, 5.41) is 59.0. The van der Waals surface area contributed by atoms with Gasteiger partial charge in [0.15, 0.2) is 11.3 Å². The van der Waals surface area contributed by atoms with Crippen molar-refractivity contribution in [3.05, 3.63) is 71.3 Å². The number of rotatable bonds is 4. The van der Waals surface area contributed by atoms with E-state index in [2.05, 4.69) is 79.6 Å². The number of pyridine rings is 4. The maximum atomic E-state index is 10.6. The largest absolute Gasteiger partial charge is 0.490 e. The lowest BCUT2D eigenvalue weighted by Gasteiger charge is -2.22. The molecule has 0 unspecified atom stereocenters. The van der Waals surface area contributed by atoms with Crippen molar-refractivity contribution in [2.75, 3.05) is 78.5 Å². The van der Waals surface area contributed by atoms with Crippen LogP contribution in [-0.4, -0.2) is 212 Å². The quantitative estimate of drug-likeness (QED) is 0.129. The number of carboxylic acid groups (broad SMARTS) is 6. The minimum Gasteiger partial charge on any atom is -0.475 e. The zero-order valence-corrected chi connectivity index (χ0v) is 43.7. The molecule has 14 N–H and O–H groups in total. The number of hydrogen-bond acceptors (Lipinski definition) is 18. The second-order valence-corrected chi connectivity index (χ2v) is 16.1. The molecule has 5 heterocycles. The van der Waals surface area contributed by atoms with Crippen molar-refractivity contribution in [1.82, 2.24) is 51.0 Å². The SMILES string of the molecule is NCCN1CCNCc2ccc3ccc(nc3n2)CNCCN(CCN)CCNCc2ccc3ccc(nc3n2)CNCC1.O=C(O)C(F)(F)F.O=C(O)C(F)(F)F.O=C(O)C(F)(F)F.O=C(O)C(F)(F)F.O=C(O)C(F)(F)F.O=C(O)C(F)(F)F. The minimum absolute atomic E-state index is 0.635. The Morgan fingerprint density at radius 2 is 0.523 bits per heavy atom. The maximum Gasteiger partial charge on any atom is 0.490 e. The van der Waals surface area contributed by atoms with Gasteiger partial charge in [0.2, 0.25) is 0 Å². The molecule has 0 aliphatic carbocycles. The summed E-state index contributed by atoms with van der Waals surface area (Å²) in [5.74, 6) is -16.5. The topological polar surface area (TPSA) is 382 Å². The Hall–Kier alpha value is -7.64. The number of fused-ring (bicyclic) bond motifs is 4. The van der Waals surface area contributed by atoms with Gasteiger partial charge in [-0.25, -0.2) is 48.7 Å². The predicted octanol–water partition coefficient (Wildman–Crippen LogP) is 3.97.